The van der Waals surface area contributed by atoms with E-state index in [1.165, 1.54) is 30.4 Å². The van der Waals surface area contributed by atoms with Gasteiger partial charge in [-0.3, -0.25) is 14.5 Å². The number of hydrogen-bond donors (Lipinski definition) is 2. The zero-order chi connectivity index (χ0) is 23.1. The van der Waals surface area contributed by atoms with E-state index < -0.39 is 18.5 Å². The Labute approximate surface area is 182 Å². The van der Waals surface area contributed by atoms with Gasteiger partial charge in [-0.25, -0.2) is 4.79 Å². The maximum absolute atomic E-state index is 12.5. The molecule has 0 saturated carbocycles. The molecule has 2 N–H and O–H groups in total. The highest BCUT2D eigenvalue weighted by atomic mass is 19.3. The minimum atomic E-state index is -2.98. The van der Waals surface area contributed by atoms with Crippen LogP contribution in [0, 0.1) is 0 Å². The van der Waals surface area contributed by atoms with Crippen LogP contribution < -0.4 is 20.1 Å². The maximum atomic E-state index is 12.5. The zero-order valence-corrected chi connectivity index (χ0v) is 17.1. The van der Waals surface area contributed by atoms with Crippen LogP contribution in [-0.2, 0) is 16.1 Å². The minimum Gasteiger partial charge on any atom is -0.490 e. The van der Waals surface area contributed by atoms with Crippen molar-refractivity contribution in [3.63, 3.8) is 0 Å². The Bertz CT molecular complexity index is 1030. The van der Waals surface area contributed by atoms with Crippen LogP contribution in [0.4, 0.5) is 19.3 Å². The van der Waals surface area contributed by atoms with Gasteiger partial charge in [0.25, 0.3) is 0 Å². The quantitative estimate of drug-likeness (QED) is 0.456. The van der Waals surface area contributed by atoms with E-state index in [0.29, 0.717) is 16.8 Å². The summed E-state index contributed by atoms with van der Waals surface area (Å²) in [6, 6.07) is 10.7. The van der Waals surface area contributed by atoms with Crippen LogP contribution in [0.5, 0.6) is 11.5 Å². The van der Waals surface area contributed by atoms with Crippen molar-refractivity contribution in [2.75, 3.05) is 18.5 Å². The summed E-state index contributed by atoms with van der Waals surface area (Å²) >= 11 is 0. The fourth-order valence-electron chi connectivity index (χ4n) is 2.99. The van der Waals surface area contributed by atoms with Crippen molar-refractivity contribution >= 4 is 29.6 Å². The maximum Gasteiger partial charge on any atom is 0.387 e. The summed E-state index contributed by atoms with van der Waals surface area (Å²) in [6.45, 7) is -0.941. The van der Waals surface area contributed by atoms with Gasteiger partial charge in [0.15, 0.2) is 11.5 Å². The first-order chi connectivity index (χ1) is 15.4. The van der Waals surface area contributed by atoms with Crippen LogP contribution in [0.3, 0.4) is 0 Å². The summed E-state index contributed by atoms with van der Waals surface area (Å²) in [5.74, 6) is -0.694. The molecule has 32 heavy (non-hydrogen) atoms. The van der Waals surface area contributed by atoms with Gasteiger partial charge in [-0.2, -0.15) is 8.78 Å². The molecular formula is C22H21F2N3O5. The summed E-state index contributed by atoms with van der Waals surface area (Å²) in [4.78, 5) is 36.8. The summed E-state index contributed by atoms with van der Waals surface area (Å²) in [5.41, 5.74) is 1.71. The number of anilines is 1. The Morgan fingerprint density at radius 2 is 2.03 bits per heavy atom. The number of alkyl halides is 2. The number of hydrogen-bond acceptors (Lipinski definition) is 5. The second kappa shape index (κ2) is 10.4. The molecule has 0 bridgehead atoms. The number of carbonyl (C=O) groups is 3. The fourth-order valence-corrected chi connectivity index (χ4v) is 2.99. The average Bonchev–Trinajstić information content (AvgIpc) is 3.06. The van der Waals surface area contributed by atoms with Crippen molar-refractivity contribution in [1.82, 2.24) is 10.2 Å². The van der Waals surface area contributed by atoms with Gasteiger partial charge < -0.3 is 20.1 Å². The highest BCUT2D eigenvalue weighted by Gasteiger charge is 2.28. The highest BCUT2D eigenvalue weighted by molar-refractivity contribution is 6.02. The highest BCUT2D eigenvalue weighted by Crippen LogP contribution is 2.30. The molecule has 1 aliphatic rings. The first-order valence-electron chi connectivity index (χ1n) is 9.73. The number of benzene rings is 2. The van der Waals surface area contributed by atoms with Gasteiger partial charge in [-0.1, -0.05) is 18.2 Å². The molecular weight excluding hydrogens is 424 g/mol. The van der Waals surface area contributed by atoms with Crippen molar-refractivity contribution in [3.05, 3.63) is 59.7 Å². The second-order valence-electron chi connectivity index (χ2n) is 6.68. The molecule has 168 valence electrons. The average molecular weight is 445 g/mol. The number of nitrogens with zero attached hydrogens (tertiary/aromatic N) is 1. The zero-order valence-electron chi connectivity index (χ0n) is 17.1. The third-order valence-electron chi connectivity index (χ3n) is 4.38. The van der Waals surface area contributed by atoms with Gasteiger partial charge >= 0.3 is 12.6 Å². The van der Waals surface area contributed by atoms with Crippen molar-refractivity contribution < 1.29 is 32.6 Å². The first kappa shape index (κ1) is 22.7. The van der Waals surface area contributed by atoms with Crippen molar-refractivity contribution in [2.45, 2.75) is 20.1 Å². The predicted molar refractivity (Wildman–Crippen MR) is 112 cm³/mol. The largest absolute Gasteiger partial charge is 0.490 e. The molecule has 1 aliphatic heterocycles. The molecule has 3 rings (SSSR count). The molecule has 0 spiro atoms. The van der Waals surface area contributed by atoms with E-state index in [2.05, 4.69) is 15.4 Å². The Kier molecular flexibility index (Phi) is 7.37. The lowest BCUT2D eigenvalue weighted by Gasteiger charge is -2.13. The molecule has 4 amide bonds. The second-order valence-corrected chi connectivity index (χ2v) is 6.68. The van der Waals surface area contributed by atoms with E-state index in [1.54, 1.807) is 31.2 Å². The van der Waals surface area contributed by atoms with Crippen LogP contribution in [-0.4, -0.2) is 42.5 Å². The number of imide groups is 1. The van der Waals surface area contributed by atoms with E-state index >= 15 is 0 Å². The third-order valence-corrected chi connectivity index (χ3v) is 4.38. The number of halogens is 2. The SMILES string of the molecule is CCOc1cc(/C=C/C(=O)Nc2cccc(CN3C(=O)CNC3=O)c2)ccc1OC(F)F. The Balaban J connectivity index is 1.64. The molecule has 1 saturated heterocycles. The molecule has 1 heterocycles. The number of amides is 4. The third kappa shape index (κ3) is 6.03. The van der Waals surface area contributed by atoms with Crippen LogP contribution >= 0.6 is 0 Å². The predicted octanol–water partition coefficient (Wildman–Crippen LogP) is 3.39. The molecule has 0 radical (unpaired) electrons. The molecule has 0 atom stereocenters. The topological polar surface area (TPSA) is 97.0 Å². The van der Waals surface area contributed by atoms with E-state index in [-0.39, 0.29) is 37.1 Å². The summed E-state index contributed by atoms with van der Waals surface area (Å²) in [6.07, 6.45) is 2.78. The minimum absolute atomic E-state index is 0.0275. The number of urea groups is 1. The molecule has 10 heteroatoms. The molecule has 2 aromatic carbocycles. The van der Waals surface area contributed by atoms with Gasteiger partial charge in [-0.15, -0.1) is 0 Å². The van der Waals surface area contributed by atoms with Gasteiger partial charge in [0, 0.05) is 11.8 Å². The van der Waals surface area contributed by atoms with Gasteiger partial charge in [0.1, 0.15) is 0 Å². The number of carbonyl (C=O) groups excluding carboxylic acids is 3. The van der Waals surface area contributed by atoms with E-state index in [9.17, 15) is 23.2 Å². The molecule has 0 aromatic heterocycles. The van der Waals surface area contributed by atoms with Crippen LogP contribution in [0.2, 0.25) is 0 Å². The van der Waals surface area contributed by atoms with Crippen molar-refractivity contribution in [2.24, 2.45) is 0 Å². The van der Waals surface area contributed by atoms with Gasteiger partial charge in [0.05, 0.1) is 19.7 Å². The molecule has 0 aliphatic carbocycles. The Hall–Kier alpha value is -3.95. The monoisotopic (exact) mass is 445 g/mol. The first-order valence-corrected chi connectivity index (χ1v) is 9.73. The number of rotatable bonds is 9. The van der Waals surface area contributed by atoms with Crippen LogP contribution in [0.1, 0.15) is 18.1 Å². The molecule has 0 unspecified atom stereocenters. The van der Waals surface area contributed by atoms with Crippen molar-refractivity contribution in [3.8, 4) is 11.5 Å². The molecule has 8 nitrogen and oxygen atoms in total. The standard InChI is InChI=1S/C22H21F2N3O5/c1-2-31-18-11-14(6-8-17(18)32-21(23)24)7-9-19(28)26-16-5-3-4-15(10-16)13-27-20(29)12-25-22(27)30/h3-11,21H,2,12-13H2,1H3,(H,25,30)(H,26,28)/b9-7+. The molecule has 2 aromatic rings. The van der Waals surface area contributed by atoms with E-state index in [0.717, 1.165) is 4.90 Å². The number of ether oxygens (including phenoxy) is 2. The molecule has 1 fully saturated rings. The summed E-state index contributed by atoms with van der Waals surface area (Å²) < 4.78 is 34.7. The fraction of sp³-hybridized carbons (Fsp3) is 0.227. The smallest absolute Gasteiger partial charge is 0.387 e. The van der Waals surface area contributed by atoms with Crippen molar-refractivity contribution in [1.29, 1.82) is 0 Å². The Morgan fingerprint density at radius 3 is 2.72 bits per heavy atom. The lowest BCUT2D eigenvalue weighted by molar-refractivity contribution is -0.125. The summed E-state index contributed by atoms with van der Waals surface area (Å²) in [7, 11) is 0. The van der Waals surface area contributed by atoms with Crippen LogP contribution in [0.25, 0.3) is 6.08 Å². The van der Waals surface area contributed by atoms with E-state index in [1.807, 2.05) is 0 Å². The normalized spacial score (nSPS) is 13.6. The summed E-state index contributed by atoms with van der Waals surface area (Å²) in [5, 5.41) is 5.14. The number of nitrogens with one attached hydrogen (secondary N) is 2. The lowest BCUT2D eigenvalue weighted by atomic mass is 10.1. The van der Waals surface area contributed by atoms with E-state index in [4.69, 9.17) is 4.74 Å². The van der Waals surface area contributed by atoms with Gasteiger partial charge in [-0.05, 0) is 48.4 Å². The van der Waals surface area contributed by atoms with Crippen LogP contribution in [0.15, 0.2) is 48.5 Å². The Morgan fingerprint density at radius 1 is 1.22 bits per heavy atom. The van der Waals surface area contributed by atoms with Gasteiger partial charge in [0.2, 0.25) is 11.8 Å². The lowest BCUT2D eigenvalue weighted by Crippen LogP contribution is -2.30.